The molecule has 2 rings (SSSR count). The maximum absolute atomic E-state index is 13.0. The number of carbonyl (C=O) groups is 2. The lowest BCUT2D eigenvalue weighted by molar-refractivity contribution is -0.188. The van der Waals surface area contributed by atoms with Crippen LogP contribution in [-0.4, -0.2) is 47.8 Å². The van der Waals surface area contributed by atoms with Crippen LogP contribution in [0.1, 0.15) is 18.6 Å². The zero-order valence-electron chi connectivity index (χ0n) is 13.0. The van der Waals surface area contributed by atoms with E-state index in [0.717, 1.165) is 4.90 Å². The Bertz CT molecular complexity index is 591. The summed E-state index contributed by atoms with van der Waals surface area (Å²) in [6.07, 6.45) is -5.72. The monoisotopic (exact) mass is 345 g/mol. The number of aliphatic carboxylic acids is 1. The molecule has 1 aliphatic rings. The second-order valence-electron chi connectivity index (χ2n) is 5.58. The number of nitrogens with zero attached hydrogens (tertiary/aromatic N) is 1. The Morgan fingerprint density at radius 2 is 1.92 bits per heavy atom. The van der Waals surface area contributed by atoms with Crippen molar-refractivity contribution in [1.29, 1.82) is 0 Å². The summed E-state index contributed by atoms with van der Waals surface area (Å²) in [4.78, 5) is 24.7. The lowest BCUT2D eigenvalue weighted by atomic mass is 9.96. The molecular weight excluding hydrogens is 327 g/mol. The largest absolute Gasteiger partial charge is 0.481 e. The van der Waals surface area contributed by atoms with Gasteiger partial charge in [0.1, 0.15) is 0 Å². The molecule has 1 aromatic rings. The van der Waals surface area contributed by atoms with Gasteiger partial charge in [0, 0.05) is 19.7 Å². The van der Waals surface area contributed by atoms with Gasteiger partial charge in [-0.25, -0.2) is 0 Å². The molecular formula is C16H18F3NO4. The molecule has 1 aromatic carbocycles. The van der Waals surface area contributed by atoms with Crippen molar-refractivity contribution in [2.75, 3.05) is 19.7 Å². The van der Waals surface area contributed by atoms with E-state index in [1.807, 2.05) is 0 Å². The Morgan fingerprint density at radius 1 is 1.29 bits per heavy atom. The number of hydrogen-bond acceptors (Lipinski definition) is 3. The molecule has 1 heterocycles. The first-order chi connectivity index (χ1) is 11.3. The Morgan fingerprint density at radius 3 is 2.38 bits per heavy atom. The molecule has 1 fully saturated rings. The van der Waals surface area contributed by atoms with Crippen LogP contribution in [-0.2, 0) is 14.3 Å². The SMILES string of the molecule is CCOC(C(=O)N1C[C@@H](C(F)(F)F)[C@H](C(=O)O)C1)c1ccccc1. The van der Waals surface area contributed by atoms with E-state index >= 15 is 0 Å². The van der Waals surface area contributed by atoms with Crippen molar-refractivity contribution < 1.29 is 32.6 Å². The van der Waals surface area contributed by atoms with Crippen molar-refractivity contribution in [2.24, 2.45) is 11.8 Å². The second kappa shape index (κ2) is 7.21. The quantitative estimate of drug-likeness (QED) is 0.890. The zero-order chi connectivity index (χ0) is 17.9. The summed E-state index contributed by atoms with van der Waals surface area (Å²) >= 11 is 0. The number of rotatable bonds is 5. The van der Waals surface area contributed by atoms with E-state index < -0.39 is 49.1 Å². The van der Waals surface area contributed by atoms with E-state index in [4.69, 9.17) is 9.84 Å². The first kappa shape index (κ1) is 18.3. The van der Waals surface area contributed by atoms with Crippen LogP contribution in [0.3, 0.4) is 0 Å². The minimum absolute atomic E-state index is 0.199. The van der Waals surface area contributed by atoms with Crippen LogP contribution < -0.4 is 0 Å². The molecule has 0 bridgehead atoms. The number of carboxylic acid groups (broad SMARTS) is 1. The summed E-state index contributed by atoms with van der Waals surface area (Å²) in [6.45, 7) is 0.723. The van der Waals surface area contributed by atoms with E-state index in [1.54, 1.807) is 37.3 Å². The smallest absolute Gasteiger partial charge is 0.394 e. The van der Waals surface area contributed by atoms with Gasteiger partial charge in [0.2, 0.25) is 0 Å². The third-order valence-electron chi connectivity index (χ3n) is 4.03. The Hall–Kier alpha value is -2.09. The van der Waals surface area contributed by atoms with Gasteiger partial charge < -0.3 is 14.7 Å². The highest BCUT2D eigenvalue weighted by atomic mass is 19.4. The highest BCUT2D eigenvalue weighted by Gasteiger charge is 2.54. The minimum Gasteiger partial charge on any atom is -0.481 e. The van der Waals surface area contributed by atoms with E-state index in [9.17, 15) is 22.8 Å². The molecule has 0 saturated carbocycles. The summed E-state index contributed by atoms with van der Waals surface area (Å²) in [5.74, 6) is -5.94. The molecule has 0 aliphatic carbocycles. The number of hydrogen-bond donors (Lipinski definition) is 1. The number of carboxylic acids is 1. The fraction of sp³-hybridized carbons (Fsp3) is 0.500. The van der Waals surface area contributed by atoms with Gasteiger partial charge in [-0.15, -0.1) is 0 Å². The molecule has 0 spiro atoms. The van der Waals surface area contributed by atoms with Crippen molar-refractivity contribution in [3.8, 4) is 0 Å². The maximum Gasteiger partial charge on any atom is 0.394 e. The molecule has 1 amide bonds. The van der Waals surface area contributed by atoms with E-state index in [0.29, 0.717) is 5.56 Å². The van der Waals surface area contributed by atoms with Gasteiger partial charge in [0.15, 0.2) is 6.10 Å². The van der Waals surface area contributed by atoms with Crippen LogP contribution in [0.2, 0.25) is 0 Å². The van der Waals surface area contributed by atoms with Crippen LogP contribution >= 0.6 is 0 Å². The Kier molecular flexibility index (Phi) is 5.48. The number of amides is 1. The zero-order valence-corrected chi connectivity index (χ0v) is 13.0. The van der Waals surface area contributed by atoms with Gasteiger partial charge >= 0.3 is 12.1 Å². The van der Waals surface area contributed by atoms with Gasteiger partial charge in [0.05, 0.1) is 11.8 Å². The third kappa shape index (κ3) is 3.87. The number of benzene rings is 1. The number of ether oxygens (including phenoxy) is 1. The van der Waals surface area contributed by atoms with Crippen LogP contribution in [0.4, 0.5) is 13.2 Å². The van der Waals surface area contributed by atoms with Gasteiger partial charge in [-0.2, -0.15) is 13.2 Å². The van der Waals surface area contributed by atoms with Crippen molar-refractivity contribution in [3.05, 3.63) is 35.9 Å². The molecule has 1 unspecified atom stereocenters. The number of likely N-dealkylation sites (tertiary alicyclic amines) is 1. The van der Waals surface area contributed by atoms with Crippen molar-refractivity contribution in [1.82, 2.24) is 4.90 Å². The lowest BCUT2D eigenvalue weighted by Crippen LogP contribution is -2.36. The summed E-state index contributed by atoms with van der Waals surface area (Å²) in [6, 6.07) is 8.41. The third-order valence-corrected chi connectivity index (χ3v) is 4.03. The first-order valence-corrected chi connectivity index (χ1v) is 7.50. The van der Waals surface area contributed by atoms with Crippen LogP contribution in [0.25, 0.3) is 0 Å². The van der Waals surface area contributed by atoms with Gasteiger partial charge in [-0.3, -0.25) is 9.59 Å². The predicted molar refractivity (Wildman–Crippen MR) is 78.1 cm³/mol. The molecule has 3 atom stereocenters. The summed E-state index contributed by atoms with van der Waals surface area (Å²) in [5, 5.41) is 9.04. The fourth-order valence-corrected chi connectivity index (χ4v) is 2.84. The molecule has 24 heavy (non-hydrogen) atoms. The Balaban J connectivity index is 2.23. The van der Waals surface area contributed by atoms with E-state index in [-0.39, 0.29) is 6.61 Å². The molecule has 1 aliphatic heterocycles. The summed E-state index contributed by atoms with van der Waals surface area (Å²) in [7, 11) is 0. The van der Waals surface area contributed by atoms with Crippen molar-refractivity contribution >= 4 is 11.9 Å². The average Bonchev–Trinajstić information content (AvgIpc) is 2.98. The van der Waals surface area contributed by atoms with E-state index in [2.05, 4.69) is 0 Å². The molecule has 8 heteroatoms. The molecule has 132 valence electrons. The summed E-state index contributed by atoms with van der Waals surface area (Å²) < 4.78 is 44.5. The van der Waals surface area contributed by atoms with Gasteiger partial charge in [0.25, 0.3) is 5.91 Å². The normalized spacial score (nSPS) is 22.4. The van der Waals surface area contributed by atoms with Gasteiger partial charge in [-0.1, -0.05) is 30.3 Å². The highest BCUT2D eigenvalue weighted by molar-refractivity contribution is 5.84. The number of carbonyl (C=O) groups excluding carboxylic acids is 1. The highest BCUT2D eigenvalue weighted by Crippen LogP contribution is 2.38. The first-order valence-electron chi connectivity index (χ1n) is 7.50. The molecule has 0 aromatic heterocycles. The lowest BCUT2D eigenvalue weighted by Gasteiger charge is -2.24. The second-order valence-corrected chi connectivity index (χ2v) is 5.58. The van der Waals surface area contributed by atoms with Crippen molar-refractivity contribution in [3.63, 3.8) is 0 Å². The fourth-order valence-electron chi connectivity index (χ4n) is 2.84. The van der Waals surface area contributed by atoms with Crippen LogP contribution in [0.15, 0.2) is 30.3 Å². The topological polar surface area (TPSA) is 66.8 Å². The standard InChI is InChI=1S/C16H18F3NO4/c1-2-24-13(10-6-4-3-5-7-10)14(21)20-8-11(15(22)23)12(9-20)16(17,18)19/h3-7,11-13H,2,8-9H2,1H3,(H,22,23)/t11-,12-,13?/m1/s1. The van der Waals surface area contributed by atoms with Crippen molar-refractivity contribution in [2.45, 2.75) is 19.2 Å². The average molecular weight is 345 g/mol. The van der Waals surface area contributed by atoms with E-state index in [1.165, 1.54) is 0 Å². The number of alkyl halides is 3. The molecule has 5 nitrogen and oxygen atoms in total. The number of halogens is 3. The maximum atomic E-state index is 13.0. The molecule has 1 saturated heterocycles. The van der Waals surface area contributed by atoms with Crippen LogP contribution in [0.5, 0.6) is 0 Å². The van der Waals surface area contributed by atoms with Gasteiger partial charge in [-0.05, 0) is 12.5 Å². The van der Waals surface area contributed by atoms with Crippen LogP contribution in [0, 0.1) is 11.8 Å². The molecule has 0 radical (unpaired) electrons. The summed E-state index contributed by atoms with van der Waals surface area (Å²) in [5.41, 5.74) is 0.520. The minimum atomic E-state index is -4.67. The Labute approximate surface area is 137 Å². The predicted octanol–water partition coefficient (Wildman–Crippen LogP) is 2.49. The molecule has 1 N–H and O–H groups in total.